The minimum Gasteiger partial charge on any atom is -0.354 e. The number of hydrogen-bond acceptors (Lipinski definition) is 4. The van der Waals surface area contributed by atoms with E-state index >= 15 is 0 Å². The summed E-state index contributed by atoms with van der Waals surface area (Å²) in [7, 11) is -4.21. The molecule has 3 aromatic rings. The van der Waals surface area contributed by atoms with E-state index in [4.69, 9.17) is 34.8 Å². The van der Waals surface area contributed by atoms with Crippen LogP contribution in [0.2, 0.25) is 15.1 Å². The van der Waals surface area contributed by atoms with E-state index in [-0.39, 0.29) is 23.3 Å². The van der Waals surface area contributed by atoms with E-state index in [2.05, 4.69) is 5.32 Å². The summed E-state index contributed by atoms with van der Waals surface area (Å²) in [6.45, 7) is 9.39. The molecule has 11 heteroatoms. The highest BCUT2D eigenvalue weighted by molar-refractivity contribution is 7.92. The van der Waals surface area contributed by atoms with Crippen molar-refractivity contribution >= 4 is 62.3 Å². The summed E-state index contributed by atoms with van der Waals surface area (Å²) >= 11 is 18.6. The Morgan fingerprint density at radius 3 is 2.10 bits per heavy atom. The lowest BCUT2D eigenvalue weighted by molar-refractivity contribution is -0.140. The second-order valence-corrected chi connectivity index (χ2v) is 13.7. The normalized spacial score (nSPS) is 12.2. The molecule has 0 radical (unpaired) electrons. The quantitative estimate of drug-likeness (QED) is 0.227. The van der Waals surface area contributed by atoms with E-state index < -0.39 is 28.5 Å². The van der Waals surface area contributed by atoms with Crippen molar-refractivity contribution in [3.8, 4) is 0 Å². The third-order valence-corrected chi connectivity index (χ3v) is 9.51. The lowest BCUT2D eigenvalue weighted by Gasteiger charge is -2.33. The first kappa shape index (κ1) is 33.7. The van der Waals surface area contributed by atoms with Gasteiger partial charge in [-0.25, -0.2) is 8.42 Å². The van der Waals surface area contributed by atoms with E-state index in [0.717, 1.165) is 15.4 Å². The van der Waals surface area contributed by atoms with Crippen LogP contribution in [0, 0.1) is 19.8 Å². The second kappa shape index (κ2) is 14.6. The molecule has 0 spiro atoms. The van der Waals surface area contributed by atoms with Gasteiger partial charge in [-0.15, -0.1) is 0 Å². The topological polar surface area (TPSA) is 86.8 Å². The monoisotopic (exact) mass is 651 g/mol. The van der Waals surface area contributed by atoms with E-state index in [9.17, 15) is 18.0 Å². The minimum atomic E-state index is -4.21. The number of amides is 2. The first-order chi connectivity index (χ1) is 19.7. The molecule has 1 N–H and O–H groups in total. The number of sulfonamides is 1. The highest BCUT2D eigenvalue weighted by Gasteiger charge is 2.34. The van der Waals surface area contributed by atoms with Crippen molar-refractivity contribution in [2.75, 3.05) is 17.4 Å². The summed E-state index contributed by atoms with van der Waals surface area (Å²) in [6, 6.07) is 15.0. The molecule has 0 aliphatic rings. The maximum atomic E-state index is 14.2. The second-order valence-electron chi connectivity index (χ2n) is 10.6. The molecule has 0 aliphatic carbocycles. The van der Waals surface area contributed by atoms with Crippen molar-refractivity contribution in [1.82, 2.24) is 10.2 Å². The van der Waals surface area contributed by atoms with Gasteiger partial charge in [-0.2, -0.15) is 0 Å². The fourth-order valence-corrected chi connectivity index (χ4v) is 6.32. The van der Waals surface area contributed by atoms with Crippen molar-refractivity contribution in [2.24, 2.45) is 5.92 Å². The van der Waals surface area contributed by atoms with Crippen molar-refractivity contribution in [2.45, 2.75) is 58.5 Å². The molecule has 0 saturated carbocycles. The number of hydrogen-bond donors (Lipinski definition) is 1. The van der Waals surface area contributed by atoms with Crippen molar-refractivity contribution in [3.63, 3.8) is 0 Å². The Morgan fingerprint density at radius 2 is 1.52 bits per heavy atom. The molecule has 3 rings (SSSR count). The van der Waals surface area contributed by atoms with Gasteiger partial charge in [0.1, 0.15) is 12.6 Å². The Kier molecular flexibility index (Phi) is 11.7. The molecule has 0 bridgehead atoms. The van der Waals surface area contributed by atoms with Crippen LogP contribution in [0.15, 0.2) is 65.6 Å². The summed E-state index contributed by atoms with van der Waals surface area (Å²) in [5.41, 5.74) is 2.73. The van der Waals surface area contributed by atoms with Gasteiger partial charge in [-0.05, 0) is 91.4 Å². The number of carbonyl (C=O) groups excluding carboxylic acids is 2. The van der Waals surface area contributed by atoms with E-state index in [0.29, 0.717) is 39.3 Å². The van der Waals surface area contributed by atoms with Gasteiger partial charge in [-0.3, -0.25) is 13.9 Å². The molecule has 0 fully saturated rings. The number of benzene rings is 3. The first-order valence-corrected chi connectivity index (χ1v) is 16.2. The third-order valence-electron chi connectivity index (χ3n) is 6.89. The molecule has 226 valence electrons. The number of anilines is 1. The summed E-state index contributed by atoms with van der Waals surface area (Å²) < 4.78 is 29.1. The Morgan fingerprint density at radius 1 is 0.881 bits per heavy atom. The Bertz CT molecular complexity index is 1530. The summed E-state index contributed by atoms with van der Waals surface area (Å²) in [5.74, 6) is -0.697. The number of aryl methyl sites for hydroxylation is 2. The van der Waals surface area contributed by atoms with Crippen molar-refractivity contribution in [1.29, 1.82) is 0 Å². The number of rotatable bonds is 12. The highest BCUT2D eigenvalue weighted by atomic mass is 35.5. The van der Waals surface area contributed by atoms with E-state index in [1.54, 1.807) is 43.3 Å². The predicted molar refractivity (Wildman–Crippen MR) is 171 cm³/mol. The van der Waals surface area contributed by atoms with Gasteiger partial charge >= 0.3 is 0 Å². The molecule has 0 aromatic heterocycles. The van der Waals surface area contributed by atoms with Crippen LogP contribution in [-0.2, 0) is 26.2 Å². The fraction of sp³-hybridized carbons (Fsp3) is 0.355. The van der Waals surface area contributed by atoms with E-state index in [1.165, 1.54) is 29.2 Å². The minimum absolute atomic E-state index is 0.0214. The average molecular weight is 653 g/mol. The molecule has 0 aliphatic heterocycles. The number of halogens is 3. The van der Waals surface area contributed by atoms with Gasteiger partial charge in [0.05, 0.1) is 10.6 Å². The number of carbonyl (C=O) groups is 2. The van der Waals surface area contributed by atoms with Gasteiger partial charge in [0.15, 0.2) is 0 Å². The predicted octanol–water partition coefficient (Wildman–Crippen LogP) is 7.04. The van der Waals surface area contributed by atoms with Gasteiger partial charge < -0.3 is 10.2 Å². The van der Waals surface area contributed by atoms with Gasteiger partial charge in [-0.1, -0.05) is 67.7 Å². The first-order valence-electron chi connectivity index (χ1n) is 13.6. The molecule has 42 heavy (non-hydrogen) atoms. The van der Waals surface area contributed by atoms with Crippen LogP contribution in [0.5, 0.6) is 0 Å². The van der Waals surface area contributed by atoms with Crippen LogP contribution in [0.3, 0.4) is 0 Å². The van der Waals surface area contributed by atoms with Crippen LogP contribution in [0.4, 0.5) is 5.69 Å². The Labute approximate surface area is 263 Å². The van der Waals surface area contributed by atoms with Crippen LogP contribution < -0.4 is 9.62 Å². The lowest BCUT2D eigenvalue weighted by Crippen LogP contribution is -2.52. The fourth-order valence-electron chi connectivity index (χ4n) is 4.32. The molecule has 0 heterocycles. The van der Waals surface area contributed by atoms with E-state index in [1.807, 2.05) is 27.7 Å². The lowest BCUT2D eigenvalue weighted by atomic mass is 10.1. The molecule has 3 aromatic carbocycles. The van der Waals surface area contributed by atoms with Crippen LogP contribution in [0.25, 0.3) is 0 Å². The molecule has 2 amide bonds. The molecular weight excluding hydrogens is 617 g/mol. The molecular formula is C31H36Cl3N3O4S. The van der Waals surface area contributed by atoms with Gasteiger partial charge in [0.2, 0.25) is 11.8 Å². The summed E-state index contributed by atoms with van der Waals surface area (Å²) in [6.07, 6.45) is 0.300. The number of nitrogens with zero attached hydrogens (tertiary/aromatic N) is 2. The summed E-state index contributed by atoms with van der Waals surface area (Å²) in [4.78, 5) is 28.9. The Hall–Kier alpha value is -2.78. The Balaban J connectivity index is 2.09. The van der Waals surface area contributed by atoms with Crippen molar-refractivity contribution in [3.05, 3.63) is 92.4 Å². The van der Waals surface area contributed by atoms with Crippen molar-refractivity contribution < 1.29 is 18.0 Å². The highest BCUT2D eigenvalue weighted by Crippen LogP contribution is 2.28. The SMILES string of the molecule is CC[C@@H](C(=O)NCC(C)C)N(Cc1ccc(Cl)cc1Cl)C(=O)CN(c1ccc(C)c(C)c1)S(=O)(=O)c1ccc(Cl)cc1. The molecule has 7 nitrogen and oxygen atoms in total. The summed E-state index contributed by atoms with van der Waals surface area (Å²) in [5, 5.41) is 4.05. The molecule has 0 saturated heterocycles. The maximum Gasteiger partial charge on any atom is 0.264 e. The smallest absolute Gasteiger partial charge is 0.264 e. The molecule has 0 unspecified atom stereocenters. The zero-order chi connectivity index (χ0) is 31.2. The third kappa shape index (κ3) is 8.40. The zero-order valence-electron chi connectivity index (χ0n) is 24.3. The number of nitrogens with one attached hydrogen (secondary N) is 1. The zero-order valence-corrected chi connectivity index (χ0v) is 27.4. The standard InChI is InChI=1S/C31H36Cl3N3O4S/c1-6-29(31(39)35-17-20(2)3)36(18-23-8-9-25(33)16-28(23)34)30(38)19-37(26-12-7-21(4)22(5)15-26)42(40,41)27-13-10-24(32)11-14-27/h7-16,20,29H,6,17-19H2,1-5H3,(H,35,39)/t29-/m0/s1. The van der Waals surface area contributed by atoms with Crippen LogP contribution in [-0.4, -0.2) is 44.3 Å². The maximum absolute atomic E-state index is 14.2. The largest absolute Gasteiger partial charge is 0.354 e. The van der Waals surface area contributed by atoms with Crippen LogP contribution >= 0.6 is 34.8 Å². The van der Waals surface area contributed by atoms with Crippen LogP contribution in [0.1, 0.15) is 43.9 Å². The van der Waals surface area contributed by atoms with Gasteiger partial charge in [0, 0.05) is 28.2 Å². The average Bonchev–Trinajstić information content (AvgIpc) is 2.93. The van der Waals surface area contributed by atoms with Gasteiger partial charge in [0.25, 0.3) is 10.0 Å². The molecule has 1 atom stereocenters.